The van der Waals surface area contributed by atoms with Gasteiger partial charge in [-0.3, -0.25) is 4.79 Å². The van der Waals surface area contributed by atoms with E-state index < -0.39 is 0 Å². The summed E-state index contributed by atoms with van der Waals surface area (Å²) in [6.07, 6.45) is 2.29. The number of hydrogen-bond donors (Lipinski definition) is 0. The Morgan fingerprint density at radius 3 is 2.50 bits per heavy atom. The second-order valence-electron chi connectivity index (χ2n) is 4.58. The number of likely N-dealkylation sites (tertiary alicyclic amines) is 1. The zero-order valence-corrected chi connectivity index (χ0v) is 8.55. The lowest BCUT2D eigenvalue weighted by Crippen LogP contribution is -2.51. The maximum absolute atomic E-state index is 11.2. The monoisotopic (exact) mass is 169 g/mol. The highest BCUT2D eigenvalue weighted by atomic mass is 16.2. The Hall–Kier alpha value is -0.530. The molecule has 12 heavy (non-hydrogen) atoms. The predicted molar refractivity (Wildman–Crippen MR) is 49.9 cm³/mol. The Kier molecular flexibility index (Phi) is 2.45. The van der Waals surface area contributed by atoms with E-state index in [4.69, 9.17) is 0 Å². The van der Waals surface area contributed by atoms with Gasteiger partial charge in [0.05, 0.1) is 0 Å². The number of nitrogens with zero attached hydrogens (tertiary/aromatic N) is 1. The van der Waals surface area contributed by atoms with Crippen molar-refractivity contribution in [3.8, 4) is 0 Å². The molecule has 0 bridgehead atoms. The quantitative estimate of drug-likeness (QED) is 0.543. The maximum Gasteiger partial charge on any atom is 0.219 e. The van der Waals surface area contributed by atoms with Crippen molar-refractivity contribution in [3.63, 3.8) is 0 Å². The summed E-state index contributed by atoms with van der Waals surface area (Å²) in [5, 5.41) is 0. The van der Waals surface area contributed by atoms with Crippen molar-refractivity contribution in [3.05, 3.63) is 0 Å². The van der Waals surface area contributed by atoms with Crippen LogP contribution in [0.15, 0.2) is 0 Å². The van der Waals surface area contributed by atoms with Gasteiger partial charge in [0, 0.05) is 19.0 Å². The number of carbonyl (C=O) groups excluding carboxylic acids is 1. The molecular formula is C10H19NO. The SMILES string of the molecule is CC(=O)N1CCC(C)CC1(C)C. The molecule has 1 heterocycles. The van der Waals surface area contributed by atoms with Crippen molar-refractivity contribution >= 4 is 5.91 Å². The summed E-state index contributed by atoms with van der Waals surface area (Å²) < 4.78 is 0. The molecule has 1 amide bonds. The average Bonchev–Trinajstić information content (AvgIpc) is 1.82. The molecule has 0 N–H and O–H groups in total. The van der Waals surface area contributed by atoms with E-state index in [0.29, 0.717) is 0 Å². The number of carbonyl (C=O) groups is 1. The molecule has 1 aliphatic heterocycles. The number of amides is 1. The molecule has 1 rings (SSSR count). The molecule has 1 atom stereocenters. The van der Waals surface area contributed by atoms with Crippen LogP contribution in [0.25, 0.3) is 0 Å². The lowest BCUT2D eigenvalue weighted by Gasteiger charge is -2.44. The van der Waals surface area contributed by atoms with Crippen molar-refractivity contribution < 1.29 is 4.79 Å². The molecule has 0 spiro atoms. The number of piperidine rings is 1. The minimum Gasteiger partial charge on any atom is -0.338 e. The Balaban J connectivity index is 2.70. The zero-order valence-electron chi connectivity index (χ0n) is 8.55. The summed E-state index contributed by atoms with van der Waals surface area (Å²) >= 11 is 0. The Morgan fingerprint density at radius 1 is 1.50 bits per heavy atom. The third-order valence-corrected chi connectivity index (χ3v) is 2.80. The molecule has 0 aromatic rings. The fourth-order valence-electron chi connectivity index (χ4n) is 2.30. The Labute approximate surface area is 74.9 Å². The highest BCUT2D eigenvalue weighted by molar-refractivity contribution is 5.74. The number of rotatable bonds is 0. The third-order valence-electron chi connectivity index (χ3n) is 2.80. The van der Waals surface area contributed by atoms with Gasteiger partial charge in [-0.15, -0.1) is 0 Å². The second-order valence-corrected chi connectivity index (χ2v) is 4.58. The van der Waals surface area contributed by atoms with Crippen LogP contribution in [0.4, 0.5) is 0 Å². The van der Waals surface area contributed by atoms with Gasteiger partial charge in [0.2, 0.25) is 5.91 Å². The fraction of sp³-hybridized carbons (Fsp3) is 0.900. The van der Waals surface area contributed by atoms with Crippen LogP contribution in [0.5, 0.6) is 0 Å². The van der Waals surface area contributed by atoms with Gasteiger partial charge in [0.25, 0.3) is 0 Å². The third kappa shape index (κ3) is 1.79. The van der Waals surface area contributed by atoms with Crippen molar-refractivity contribution in [2.24, 2.45) is 5.92 Å². The molecule has 0 aliphatic carbocycles. The standard InChI is InChI=1S/C10H19NO/c1-8-5-6-11(9(2)12)10(3,4)7-8/h8H,5-7H2,1-4H3. The highest BCUT2D eigenvalue weighted by Gasteiger charge is 2.34. The first kappa shape index (κ1) is 9.56. The molecule has 2 heteroatoms. The van der Waals surface area contributed by atoms with Gasteiger partial charge >= 0.3 is 0 Å². The van der Waals surface area contributed by atoms with Gasteiger partial charge in [-0.05, 0) is 32.6 Å². The van der Waals surface area contributed by atoms with Gasteiger partial charge in [0.1, 0.15) is 0 Å². The van der Waals surface area contributed by atoms with Crippen LogP contribution < -0.4 is 0 Å². The molecule has 0 saturated carbocycles. The van der Waals surface area contributed by atoms with E-state index in [-0.39, 0.29) is 11.4 Å². The van der Waals surface area contributed by atoms with Crippen LogP contribution in [0.3, 0.4) is 0 Å². The Morgan fingerprint density at radius 2 is 2.08 bits per heavy atom. The summed E-state index contributed by atoms with van der Waals surface area (Å²) in [4.78, 5) is 13.2. The van der Waals surface area contributed by atoms with Crippen LogP contribution in [0, 0.1) is 5.92 Å². The van der Waals surface area contributed by atoms with E-state index in [1.54, 1.807) is 6.92 Å². The van der Waals surface area contributed by atoms with Gasteiger partial charge < -0.3 is 4.90 Å². The first-order valence-electron chi connectivity index (χ1n) is 4.71. The molecule has 2 nitrogen and oxygen atoms in total. The van der Waals surface area contributed by atoms with Crippen molar-refractivity contribution in [2.45, 2.75) is 46.1 Å². The van der Waals surface area contributed by atoms with Crippen LogP contribution in [-0.2, 0) is 4.79 Å². The van der Waals surface area contributed by atoms with Gasteiger partial charge in [0.15, 0.2) is 0 Å². The fourth-order valence-corrected chi connectivity index (χ4v) is 2.30. The first-order valence-corrected chi connectivity index (χ1v) is 4.71. The minimum atomic E-state index is 0.0729. The molecule has 70 valence electrons. The first-order chi connectivity index (χ1) is 5.43. The van der Waals surface area contributed by atoms with Crippen LogP contribution in [0.2, 0.25) is 0 Å². The Bertz CT molecular complexity index is 186. The molecule has 1 fully saturated rings. The van der Waals surface area contributed by atoms with E-state index in [1.807, 2.05) is 4.90 Å². The molecule has 1 saturated heterocycles. The van der Waals surface area contributed by atoms with Gasteiger partial charge in [-0.25, -0.2) is 0 Å². The lowest BCUT2D eigenvalue weighted by atomic mass is 9.84. The van der Waals surface area contributed by atoms with Gasteiger partial charge in [-0.2, -0.15) is 0 Å². The second kappa shape index (κ2) is 3.08. The average molecular weight is 169 g/mol. The minimum absolute atomic E-state index is 0.0729. The van der Waals surface area contributed by atoms with Crippen LogP contribution in [0.1, 0.15) is 40.5 Å². The van der Waals surface area contributed by atoms with Crippen molar-refractivity contribution in [1.82, 2.24) is 4.90 Å². The molecular weight excluding hydrogens is 150 g/mol. The molecule has 1 unspecified atom stereocenters. The lowest BCUT2D eigenvalue weighted by molar-refractivity contribution is -0.136. The van der Waals surface area contributed by atoms with E-state index >= 15 is 0 Å². The largest absolute Gasteiger partial charge is 0.338 e. The molecule has 0 aromatic heterocycles. The van der Waals surface area contributed by atoms with E-state index in [2.05, 4.69) is 20.8 Å². The molecule has 1 aliphatic rings. The summed E-state index contributed by atoms with van der Waals surface area (Å²) in [6, 6.07) is 0. The van der Waals surface area contributed by atoms with Crippen molar-refractivity contribution in [2.75, 3.05) is 6.54 Å². The van der Waals surface area contributed by atoms with Crippen LogP contribution >= 0.6 is 0 Å². The summed E-state index contributed by atoms with van der Waals surface area (Å²) in [6.45, 7) is 9.18. The van der Waals surface area contributed by atoms with Crippen LogP contribution in [-0.4, -0.2) is 22.9 Å². The van der Waals surface area contributed by atoms with E-state index in [1.165, 1.54) is 0 Å². The number of hydrogen-bond acceptors (Lipinski definition) is 1. The zero-order chi connectivity index (χ0) is 9.35. The summed E-state index contributed by atoms with van der Waals surface area (Å²) in [5.74, 6) is 0.975. The molecule has 0 aromatic carbocycles. The topological polar surface area (TPSA) is 20.3 Å². The van der Waals surface area contributed by atoms with Gasteiger partial charge in [-0.1, -0.05) is 6.92 Å². The maximum atomic E-state index is 11.2. The molecule has 0 radical (unpaired) electrons. The van der Waals surface area contributed by atoms with Crippen molar-refractivity contribution in [1.29, 1.82) is 0 Å². The van der Waals surface area contributed by atoms with E-state index in [9.17, 15) is 4.79 Å². The van der Waals surface area contributed by atoms with E-state index in [0.717, 1.165) is 25.3 Å². The smallest absolute Gasteiger partial charge is 0.219 e. The summed E-state index contributed by atoms with van der Waals surface area (Å²) in [5.41, 5.74) is 0.0729. The predicted octanol–water partition coefficient (Wildman–Crippen LogP) is 2.04. The highest BCUT2D eigenvalue weighted by Crippen LogP contribution is 2.30. The normalized spacial score (nSPS) is 28.7. The summed E-state index contributed by atoms with van der Waals surface area (Å²) in [7, 11) is 0.